The van der Waals surface area contributed by atoms with Crippen LogP contribution in [-0.2, 0) is 12.4 Å². The van der Waals surface area contributed by atoms with Gasteiger partial charge >= 0.3 is 12.4 Å². The van der Waals surface area contributed by atoms with Gasteiger partial charge in [0.1, 0.15) is 0 Å². The zero-order valence-corrected chi connectivity index (χ0v) is 14.6. The molecule has 0 spiro atoms. The fourth-order valence-electron chi connectivity index (χ4n) is 2.67. The Kier molecular flexibility index (Phi) is 8.77. The largest absolute Gasteiger partial charge is 0.416 e. The Hall–Kier alpha value is -0.960. The van der Waals surface area contributed by atoms with Gasteiger partial charge in [0.15, 0.2) is 0 Å². The van der Waals surface area contributed by atoms with Crippen LogP contribution in [0.4, 0.5) is 26.3 Å². The highest BCUT2D eigenvalue weighted by Crippen LogP contribution is 2.40. The molecule has 1 aromatic rings. The first-order valence-electron chi connectivity index (χ1n) is 7.00. The Labute approximate surface area is 154 Å². The lowest BCUT2D eigenvalue weighted by Gasteiger charge is -2.34. The van der Waals surface area contributed by atoms with Gasteiger partial charge in [0, 0.05) is 26.2 Å². The molecule has 1 N–H and O–H groups in total. The summed E-state index contributed by atoms with van der Waals surface area (Å²) in [6, 6.07) is 0.980. The van der Waals surface area contributed by atoms with Gasteiger partial charge in [-0.25, -0.2) is 0 Å². The Morgan fingerprint density at radius 3 is 2.00 bits per heavy atom. The minimum Gasteiger partial charge on any atom is -0.314 e. The highest BCUT2D eigenvalue weighted by molar-refractivity contribution is 5.85. The van der Waals surface area contributed by atoms with Crippen LogP contribution in [0.1, 0.15) is 22.7 Å². The maximum atomic E-state index is 13.2. The van der Waals surface area contributed by atoms with E-state index >= 15 is 0 Å². The molecule has 1 saturated heterocycles. The lowest BCUT2D eigenvalue weighted by Crippen LogP contribution is -2.45. The van der Waals surface area contributed by atoms with Gasteiger partial charge < -0.3 is 5.32 Å². The smallest absolute Gasteiger partial charge is 0.314 e. The zero-order chi connectivity index (χ0) is 17.3. The molecule has 2 rings (SSSR count). The Balaban J connectivity index is 0.00000288. The van der Waals surface area contributed by atoms with Crippen LogP contribution in [0.3, 0.4) is 0 Å². The van der Waals surface area contributed by atoms with Gasteiger partial charge in [0.2, 0.25) is 0 Å². The monoisotopic (exact) mass is 410 g/mol. The Morgan fingerprint density at radius 1 is 1.00 bits per heavy atom. The van der Waals surface area contributed by atoms with Crippen LogP contribution >= 0.6 is 24.8 Å². The summed E-state index contributed by atoms with van der Waals surface area (Å²) >= 11 is 0. The van der Waals surface area contributed by atoms with Crippen molar-refractivity contribution in [1.82, 2.24) is 10.2 Å². The average Bonchev–Trinajstić information content (AvgIpc) is 2.47. The van der Waals surface area contributed by atoms with Gasteiger partial charge in [-0.2, -0.15) is 26.3 Å². The van der Waals surface area contributed by atoms with Crippen LogP contribution in [0.25, 0.3) is 0 Å². The first-order chi connectivity index (χ1) is 10.6. The molecule has 2 nitrogen and oxygen atoms in total. The highest BCUT2D eigenvalue weighted by Gasteiger charge is 2.39. The number of hydrogen-bond acceptors (Lipinski definition) is 2. The predicted octanol–water partition coefficient (Wildman–Crippen LogP) is 4.70. The van der Waals surface area contributed by atoms with Gasteiger partial charge in [0.05, 0.1) is 17.2 Å². The van der Waals surface area contributed by atoms with Gasteiger partial charge in [-0.05, 0) is 17.7 Å². The van der Waals surface area contributed by atoms with Crippen molar-refractivity contribution >= 4 is 24.8 Å². The fourth-order valence-corrected chi connectivity index (χ4v) is 2.67. The van der Waals surface area contributed by atoms with Gasteiger partial charge in [-0.1, -0.05) is 12.1 Å². The van der Waals surface area contributed by atoms with Crippen LogP contribution in [0.2, 0.25) is 0 Å². The number of benzene rings is 1. The minimum absolute atomic E-state index is 0. The van der Waals surface area contributed by atoms with E-state index in [1.807, 2.05) is 0 Å². The normalized spacial score (nSPS) is 17.2. The topological polar surface area (TPSA) is 15.3 Å². The third-order valence-electron chi connectivity index (χ3n) is 3.77. The highest BCUT2D eigenvalue weighted by atomic mass is 35.5. The predicted molar refractivity (Wildman–Crippen MR) is 88.3 cm³/mol. The summed E-state index contributed by atoms with van der Waals surface area (Å²) in [4.78, 5) is 1.77. The fraction of sp³-hybridized carbons (Fsp3) is 0.467. The molecule has 1 aliphatic heterocycles. The number of nitrogens with one attached hydrogen (secondary N) is 1. The first kappa shape index (κ1) is 24.0. The second-order valence-electron chi connectivity index (χ2n) is 5.26. The maximum absolute atomic E-state index is 13.2. The lowest BCUT2D eigenvalue weighted by molar-refractivity contribution is -0.143. The second kappa shape index (κ2) is 9.12. The molecule has 0 aromatic heterocycles. The third-order valence-corrected chi connectivity index (χ3v) is 3.77. The molecule has 1 aromatic carbocycles. The van der Waals surface area contributed by atoms with Crippen LogP contribution in [0.5, 0.6) is 0 Å². The maximum Gasteiger partial charge on any atom is 0.416 e. The lowest BCUT2D eigenvalue weighted by atomic mass is 9.95. The van der Waals surface area contributed by atoms with Crippen LogP contribution < -0.4 is 5.32 Å². The summed E-state index contributed by atoms with van der Waals surface area (Å²) in [5.41, 5.74) is -2.78. The van der Waals surface area contributed by atoms with Crippen molar-refractivity contribution < 1.29 is 26.3 Å². The number of nitrogens with zero attached hydrogens (tertiary/aromatic N) is 1. The van der Waals surface area contributed by atoms with Crippen LogP contribution in [-0.4, -0.2) is 31.1 Å². The van der Waals surface area contributed by atoms with Gasteiger partial charge in [0.25, 0.3) is 0 Å². The molecule has 144 valence electrons. The van der Waals surface area contributed by atoms with Gasteiger partial charge in [-0.15, -0.1) is 31.4 Å². The van der Waals surface area contributed by atoms with Crippen molar-refractivity contribution in [2.24, 2.45) is 0 Å². The van der Waals surface area contributed by atoms with E-state index in [0.29, 0.717) is 32.2 Å². The SMILES string of the molecule is C=C[C@H](c1ccc(C(F)(F)F)cc1C(F)(F)F)N1CCNCC1.Cl.Cl. The summed E-state index contributed by atoms with van der Waals surface area (Å²) in [6.07, 6.45) is -8.35. The molecule has 1 heterocycles. The van der Waals surface area contributed by atoms with E-state index in [1.54, 1.807) is 4.90 Å². The average molecular weight is 411 g/mol. The minimum atomic E-state index is -4.87. The molecule has 1 aliphatic rings. The summed E-state index contributed by atoms with van der Waals surface area (Å²) < 4.78 is 77.9. The van der Waals surface area contributed by atoms with E-state index in [4.69, 9.17) is 0 Å². The molecule has 0 saturated carbocycles. The number of piperazine rings is 1. The van der Waals surface area contributed by atoms with E-state index in [9.17, 15) is 26.3 Å². The molecule has 0 aliphatic carbocycles. The second-order valence-corrected chi connectivity index (χ2v) is 5.26. The van der Waals surface area contributed by atoms with Crippen molar-refractivity contribution in [2.45, 2.75) is 18.4 Å². The van der Waals surface area contributed by atoms with E-state index in [0.717, 1.165) is 6.07 Å². The molecule has 0 bridgehead atoms. The summed E-state index contributed by atoms with van der Waals surface area (Å²) in [5, 5.41) is 3.07. The van der Waals surface area contributed by atoms with Crippen molar-refractivity contribution in [1.29, 1.82) is 0 Å². The quantitative estimate of drug-likeness (QED) is 0.573. The molecule has 0 amide bonds. The summed E-state index contributed by atoms with van der Waals surface area (Å²) in [5.74, 6) is 0. The first-order valence-corrected chi connectivity index (χ1v) is 7.00. The Morgan fingerprint density at radius 2 is 1.56 bits per heavy atom. The number of hydrogen-bond donors (Lipinski definition) is 1. The van der Waals surface area contributed by atoms with Crippen molar-refractivity contribution in [2.75, 3.05) is 26.2 Å². The third kappa shape index (κ3) is 5.77. The molecule has 1 atom stereocenters. The Bertz CT molecular complexity index is 568. The zero-order valence-electron chi connectivity index (χ0n) is 13.0. The standard InChI is InChI=1S/C15H16F6N2.2ClH/c1-2-13(23-7-5-22-6-8-23)11-4-3-10(14(16,17)18)9-12(11)15(19,20)21;;/h2-4,9,13,22H,1,5-8H2;2*1H/t13-;;/m1../s1. The molecule has 10 heteroatoms. The van der Waals surface area contributed by atoms with Crippen LogP contribution in [0, 0.1) is 0 Å². The molecule has 0 unspecified atom stereocenters. The molecule has 25 heavy (non-hydrogen) atoms. The molecular formula is C15H18Cl2F6N2. The number of rotatable bonds is 3. The van der Waals surface area contributed by atoms with Crippen molar-refractivity contribution in [3.05, 3.63) is 47.5 Å². The van der Waals surface area contributed by atoms with E-state index < -0.39 is 29.5 Å². The molecular weight excluding hydrogens is 393 g/mol. The van der Waals surface area contributed by atoms with Crippen LogP contribution in [0.15, 0.2) is 30.9 Å². The number of alkyl halides is 6. The van der Waals surface area contributed by atoms with E-state index in [-0.39, 0.29) is 36.4 Å². The molecule has 1 fully saturated rings. The van der Waals surface area contributed by atoms with E-state index in [1.165, 1.54) is 6.08 Å². The number of halogens is 8. The van der Waals surface area contributed by atoms with E-state index in [2.05, 4.69) is 11.9 Å². The summed E-state index contributed by atoms with van der Waals surface area (Å²) in [7, 11) is 0. The molecule has 0 radical (unpaired) electrons. The summed E-state index contributed by atoms with van der Waals surface area (Å²) in [6.45, 7) is 5.75. The van der Waals surface area contributed by atoms with Crippen molar-refractivity contribution in [3.63, 3.8) is 0 Å². The van der Waals surface area contributed by atoms with Gasteiger partial charge in [-0.3, -0.25) is 4.90 Å². The van der Waals surface area contributed by atoms with Crippen molar-refractivity contribution in [3.8, 4) is 0 Å².